The minimum atomic E-state index is -0.509. The number of carbonyl (C=O) groups excluding carboxylic acids is 1. The fourth-order valence-electron chi connectivity index (χ4n) is 3.99. The smallest absolute Gasteiger partial charge is 0.247 e. The van der Waals surface area contributed by atoms with Gasteiger partial charge >= 0.3 is 0 Å². The van der Waals surface area contributed by atoms with Crippen LogP contribution in [0.5, 0.6) is 0 Å². The first-order chi connectivity index (χ1) is 11.8. The largest absolute Gasteiger partial charge is 0.309 e. The third-order valence-corrected chi connectivity index (χ3v) is 5.49. The molecule has 0 aromatic carbocycles. The molecule has 3 rings (SSSR count). The van der Waals surface area contributed by atoms with Gasteiger partial charge in [-0.1, -0.05) is 44.6 Å². The van der Waals surface area contributed by atoms with Crippen LogP contribution in [0.1, 0.15) is 64.2 Å². The van der Waals surface area contributed by atoms with Crippen LogP contribution in [-0.4, -0.2) is 23.0 Å². The van der Waals surface area contributed by atoms with Crippen molar-refractivity contribution >= 4 is 36.5 Å². The van der Waals surface area contributed by atoms with Gasteiger partial charge < -0.3 is 5.32 Å². The first-order valence-electron chi connectivity index (χ1n) is 9.51. The van der Waals surface area contributed by atoms with E-state index in [9.17, 15) is 4.79 Å². The molecule has 0 aliphatic heterocycles. The molecule has 2 aliphatic rings. The van der Waals surface area contributed by atoms with Crippen LogP contribution in [0.15, 0.2) is 24.4 Å². The first-order valence-corrected chi connectivity index (χ1v) is 9.51. The fourth-order valence-corrected chi connectivity index (χ4v) is 3.99. The minimum Gasteiger partial charge on any atom is -0.309 e. The third kappa shape index (κ3) is 6.38. The Morgan fingerprint density at radius 1 is 1.04 bits per heavy atom. The average Bonchev–Trinajstić information content (AvgIpc) is 2.64. The number of anilines is 1. The molecule has 0 unspecified atom stereocenters. The lowest BCUT2D eigenvalue weighted by Gasteiger charge is -2.37. The number of nitrogens with one attached hydrogen (secondary N) is 3. The van der Waals surface area contributed by atoms with Gasteiger partial charge in [-0.3, -0.25) is 10.2 Å². The van der Waals surface area contributed by atoms with E-state index >= 15 is 0 Å². The highest BCUT2D eigenvalue weighted by molar-refractivity contribution is 5.97. The summed E-state index contributed by atoms with van der Waals surface area (Å²) in [5, 5.41) is 2.99. The van der Waals surface area contributed by atoms with Crippen LogP contribution in [-0.2, 0) is 4.79 Å². The van der Waals surface area contributed by atoms with E-state index in [0.29, 0.717) is 5.82 Å². The normalized spacial score (nSPS) is 19.7. The molecule has 0 bridgehead atoms. The maximum absolute atomic E-state index is 12.9. The van der Waals surface area contributed by atoms with Crippen molar-refractivity contribution in [2.75, 3.05) is 11.9 Å². The maximum atomic E-state index is 12.9. The maximum Gasteiger partial charge on any atom is 0.247 e. The highest BCUT2D eigenvalue weighted by Gasteiger charge is 2.39. The van der Waals surface area contributed by atoms with Crippen molar-refractivity contribution in [1.82, 2.24) is 15.8 Å². The molecule has 2 aliphatic carbocycles. The summed E-state index contributed by atoms with van der Waals surface area (Å²) in [5.41, 5.74) is 6.30. The number of hydrazine groups is 1. The quantitative estimate of drug-likeness (QED) is 0.622. The zero-order chi connectivity index (χ0) is 16.7. The molecule has 3 N–H and O–H groups in total. The zero-order valence-corrected chi connectivity index (χ0v) is 17.0. The van der Waals surface area contributed by atoms with Crippen molar-refractivity contribution in [3.05, 3.63) is 24.4 Å². The van der Waals surface area contributed by atoms with Crippen LogP contribution in [0, 0.1) is 5.92 Å². The van der Waals surface area contributed by atoms with Crippen molar-refractivity contribution in [1.29, 1.82) is 0 Å². The number of hydrogen-bond donors (Lipinski definition) is 3. The SMILES string of the molecule is Cl.Cl.O=C(Nc1ccccn1)C1(NNCC2CCCCC2)CCCCC1. The Kier molecular flexibility index (Phi) is 10.5. The van der Waals surface area contributed by atoms with Crippen molar-refractivity contribution < 1.29 is 4.79 Å². The molecule has 0 saturated heterocycles. The summed E-state index contributed by atoms with van der Waals surface area (Å²) in [6, 6.07) is 5.59. The number of halogens is 2. The predicted octanol–water partition coefficient (Wildman–Crippen LogP) is 4.24. The summed E-state index contributed by atoms with van der Waals surface area (Å²) < 4.78 is 0. The van der Waals surface area contributed by atoms with Gasteiger partial charge in [-0.15, -0.1) is 24.8 Å². The fraction of sp³-hybridized carbons (Fsp3) is 0.684. The number of hydrogen-bond acceptors (Lipinski definition) is 4. The van der Waals surface area contributed by atoms with E-state index in [1.165, 1.54) is 38.5 Å². The van der Waals surface area contributed by atoms with Crippen LogP contribution in [0.2, 0.25) is 0 Å². The molecule has 148 valence electrons. The molecule has 1 heterocycles. The van der Waals surface area contributed by atoms with E-state index in [4.69, 9.17) is 0 Å². The summed E-state index contributed by atoms with van der Waals surface area (Å²) in [5.74, 6) is 1.41. The van der Waals surface area contributed by atoms with E-state index in [2.05, 4.69) is 21.2 Å². The molecule has 7 heteroatoms. The van der Waals surface area contributed by atoms with E-state index in [0.717, 1.165) is 38.1 Å². The van der Waals surface area contributed by atoms with Crippen LogP contribution in [0.25, 0.3) is 0 Å². The molecule has 1 aromatic heterocycles. The van der Waals surface area contributed by atoms with Crippen molar-refractivity contribution in [3.8, 4) is 0 Å². The Hall–Kier alpha value is -0.880. The van der Waals surface area contributed by atoms with E-state index in [-0.39, 0.29) is 30.7 Å². The molecule has 0 radical (unpaired) electrons. The Labute approximate surface area is 169 Å². The lowest BCUT2D eigenvalue weighted by Crippen LogP contribution is -2.61. The van der Waals surface area contributed by atoms with Gasteiger partial charge in [0.25, 0.3) is 0 Å². The van der Waals surface area contributed by atoms with Gasteiger partial charge in [0.1, 0.15) is 11.4 Å². The van der Waals surface area contributed by atoms with Crippen LogP contribution in [0.3, 0.4) is 0 Å². The highest BCUT2D eigenvalue weighted by atomic mass is 35.5. The number of aromatic nitrogens is 1. The third-order valence-electron chi connectivity index (χ3n) is 5.49. The minimum absolute atomic E-state index is 0. The van der Waals surface area contributed by atoms with Crippen LogP contribution < -0.4 is 16.2 Å². The van der Waals surface area contributed by atoms with Gasteiger partial charge in [0, 0.05) is 12.7 Å². The van der Waals surface area contributed by atoms with E-state index in [1.807, 2.05) is 18.2 Å². The number of carbonyl (C=O) groups is 1. The molecule has 0 spiro atoms. The second-order valence-electron chi connectivity index (χ2n) is 7.32. The summed E-state index contributed by atoms with van der Waals surface area (Å²) >= 11 is 0. The van der Waals surface area contributed by atoms with Gasteiger partial charge in [-0.2, -0.15) is 0 Å². The molecular formula is C19H32Cl2N4O. The van der Waals surface area contributed by atoms with Gasteiger partial charge in [0.2, 0.25) is 5.91 Å². The number of pyridine rings is 1. The molecule has 2 saturated carbocycles. The monoisotopic (exact) mass is 402 g/mol. The van der Waals surface area contributed by atoms with E-state index < -0.39 is 5.54 Å². The molecule has 0 atom stereocenters. The summed E-state index contributed by atoms with van der Waals surface area (Å²) in [4.78, 5) is 17.1. The summed E-state index contributed by atoms with van der Waals surface area (Å²) in [7, 11) is 0. The molecule has 26 heavy (non-hydrogen) atoms. The molecule has 5 nitrogen and oxygen atoms in total. The average molecular weight is 403 g/mol. The topological polar surface area (TPSA) is 66.0 Å². The second kappa shape index (κ2) is 11.8. The molecule has 2 fully saturated rings. The first kappa shape index (κ1) is 23.2. The van der Waals surface area contributed by atoms with Crippen molar-refractivity contribution in [3.63, 3.8) is 0 Å². The second-order valence-corrected chi connectivity index (χ2v) is 7.32. The van der Waals surface area contributed by atoms with Crippen LogP contribution in [0.4, 0.5) is 5.82 Å². The number of rotatable bonds is 6. The Morgan fingerprint density at radius 2 is 1.73 bits per heavy atom. The molecule has 1 aromatic rings. The van der Waals surface area contributed by atoms with E-state index in [1.54, 1.807) is 6.20 Å². The van der Waals surface area contributed by atoms with Gasteiger partial charge in [-0.05, 0) is 43.7 Å². The van der Waals surface area contributed by atoms with Gasteiger partial charge in [0.05, 0.1) is 0 Å². The lowest BCUT2D eigenvalue weighted by molar-refractivity contribution is -0.124. The Bertz CT molecular complexity index is 518. The summed E-state index contributed by atoms with van der Waals surface area (Å²) in [6.45, 7) is 0.957. The zero-order valence-electron chi connectivity index (χ0n) is 15.3. The molecular weight excluding hydrogens is 371 g/mol. The summed E-state index contributed by atoms with van der Waals surface area (Å²) in [6.07, 6.45) is 13.5. The van der Waals surface area contributed by atoms with Gasteiger partial charge in [0.15, 0.2) is 0 Å². The number of nitrogens with zero attached hydrogens (tertiary/aromatic N) is 1. The van der Waals surface area contributed by atoms with Crippen molar-refractivity contribution in [2.45, 2.75) is 69.7 Å². The number of amides is 1. The lowest BCUT2D eigenvalue weighted by atomic mass is 9.81. The Morgan fingerprint density at radius 3 is 2.38 bits per heavy atom. The van der Waals surface area contributed by atoms with Crippen molar-refractivity contribution in [2.24, 2.45) is 5.92 Å². The molecule has 1 amide bonds. The Balaban J connectivity index is 0.00000169. The van der Waals surface area contributed by atoms with Crippen LogP contribution >= 0.6 is 24.8 Å². The van der Waals surface area contributed by atoms with Gasteiger partial charge in [-0.25, -0.2) is 10.4 Å². The standard InChI is InChI=1S/C19H30N4O.2ClH/c24-18(22-17-11-5-8-14-20-17)19(12-6-2-7-13-19)23-21-15-16-9-3-1-4-10-16;;/h5,8,11,14,16,21,23H,1-4,6-7,9-10,12-13,15H2,(H,20,22,24);2*1H. The highest BCUT2D eigenvalue weighted by Crippen LogP contribution is 2.29. The predicted molar refractivity (Wildman–Crippen MR) is 111 cm³/mol.